The third-order valence-electron chi connectivity index (χ3n) is 3.02. The van der Waals surface area contributed by atoms with Gasteiger partial charge in [0.15, 0.2) is 0 Å². The molecular weight excluding hydrogens is 246 g/mol. The molecule has 0 fully saturated rings. The fraction of sp³-hybridized carbons (Fsp3) is 0.500. The number of fused-ring (bicyclic) bond motifs is 1. The molecule has 18 heavy (non-hydrogen) atoms. The van der Waals surface area contributed by atoms with Gasteiger partial charge in [-0.05, 0) is 18.1 Å². The van der Waals surface area contributed by atoms with Crippen molar-refractivity contribution < 1.29 is 9.90 Å². The Morgan fingerprint density at radius 3 is 2.89 bits per heavy atom. The first-order valence-corrected chi connectivity index (χ1v) is 7.26. The molecule has 1 aromatic rings. The van der Waals surface area contributed by atoms with Gasteiger partial charge in [0.25, 0.3) is 0 Å². The molecule has 1 N–H and O–H groups in total. The first-order chi connectivity index (χ1) is 8.58. The quantitative estimate of drug-likeness (QED) is 0.908. The zero-order valence-corrected chi connectivity index (χ0v) is 11.6. The number of hydrogen-bond acceptors (Lipinski definition) is 3. The number of para-hydroxylation sites is 1. The SMILES string of the molecule is CC(C)CN1c2ccccc2SCC1CC(=O)O. The second kappa shape index (κ2) is 5.65. The Morgan fingerprint density at radius 2 is 2.22 bits per heavy atom. The van der Waals surface area contributed by atoms with Gasteiger partial charge in [0.1, 0.15) is 0 Å². The summed E-state index contributed by atoms with van der Waals surface area (Å²) < 4.78 is 0. The van der Waals surface area contributed by atoms with E-state index in [9.17, 15) is 4.79 Å². The fourth-order valence-corrected chi connectivity index (χ4v) is 3.48. The highest BCUT2D eigenvalue weighted by Crippen LogP contribution is 2.38. The molecule has 98 valence electrons. The first kappa shape index (κ1) is 13.3. The lowest BCUT2D eigenvalue weighted by atomic mass is 10.1. The lowest BCUT2D eigenvalue weighted by Crippen LogP contribution is -2.43. The average molecular weight is 265 g/mol. The van der Waals surface area contributed by atoms with Crippen molar-refractivity contribution in [1.29, 1.82) is 0 Å². The van der Waals surface area contributed by atoms with Crippen LogP contribution >= 0.6 is 11.8 Å². The Hall–Kier alpha value is -1.16. The van der Waals surface area contributed by atoms with Crippen LogP contribution in [0.25, 0.3) is 0 Å². The summed E-state index contributed by atoms with van der Waals surface area (Å²) in [4.78, 5) is 14.5. The second-order valence-corrected chi connectivity index (χ2v) is 6.14. The van der Waals surface area contributed by atoms with Crippen LogP contribution in [-0.4, -0.2) is 29.4 Å². The third kappa shape index (κ3) is 2.99. The molecule has 1 aromatic carbocycles. The average Bonchev–Trinajstić information content (AvgIpc) is 2.31. The predicted octanol–water partition coefficient (Wildman–Crippen LogP) is 3.10. The standard InChI is InChI=1S/C14H19NO2S/c1-10(2)8-15-11(7-14(16)17)9-18-13-6-4-3-5-12(13)15/h3-6,10-11H,7-9H2,1-2H3,(H,16,17). The van der Waals surface area contributed by atoms with Crippen LogP contribution in [0.2, 0.25) is 0 Å². The molecule has 0 saturated carbocycles. The van der Waals surface area contributed by atoms with Gasteiger partial charge in [0.05, 0.1) is 12.1 Å². The highest BCUT2D eigenvalue weighted by molar-refractivity contribution is 7.99. The highest BCUT2D eigenvalue weighted by atomic mass is 32.2. The molecule has 2 rings (SSSR count). The Balaban J connectivity index is 2.27. The predicted molar refractivity (Wildman–Crippen MR) is 75.4 cm³/mol. The monoisotopic (exact) mass is 265 g/mol. The number of rotatable bonds is 4. The molecule has 0 amide bonds. The number of hydrogen-bond donors (Lipinski definition) is 1. The summed E-state index contributed by atoms with van der Waals surface area (Å²) in [5.74, 6) is 0.668. The third-order valence-corrected chi connectivity index (χ3v) is 4.23. The summed E-state index contributed by atoms with van der Waals surface area (Å²) >= 11 is 1.76. The number of thioether (sulfide) groups is 1. The molecule has 3 nitrogen and oxygen atoms in total. The van der Waals surface area contributed by atoms with Gasteiger partial charge in [0.2, 0.25) is 0 Å². The van der Waals surface area contributed by atoms with Crippen LogP contribution < -0.4 is 4.90 Å². The van der Waals surface area contributed by atoms with Crippen LogP contribution in [0, 0.1) is 5.92 Å². The van der Waals surface area contributed by atoms with Gasteiger partial charge in [-0.25, -0.2) is 0 Å². The van der Waals surface area contributed by atoms with Crippen LogP contribution in [0.4, 0.5) is 5.69 Å². The molecule has 0 saturated heterocycles. The number of anilines is 1. The van der Waals surface area contributed by atoms with Gasteiger partial charge in [-0.1, -0.05) is 26.0 Å². The Morgan fingerprint density at radius 1 is 1.50 bits per heavy atom. The maximum absolute atomic E-state index is 11.0. The molecule has 1 aliphatic heterocycles. The molecule has 0 aromatic heterocycles. The molecule has 1 heterocycles. The molecule has 1 aliphatic rings. The van der Waals surface area contributed by atoms with Crippen molar-refractivity contribution in [3.63, 3.8) is 0 Å². The lowest BCUT2D eigenvalue weighted by molar-refractivity contribution is -0.137. The van der Waals surface area contributed by atoms with Crippen molar-refractivity contribution >= 4 is 23.4 Å². The van der Waals surface area contributed by atoms with Gasteiger partial charge in [-0.15, -0.1) is 11.8 Å². The number of carboxylic acid groups (broad SMARTS) is 1. The minimum absolute atomic E-state index is 0.102. The normalized spacial score (nSPS) is 18.8. The molecule has 0 bridgehead atoms. The number of nitrogens with zero attached hydrogens (tertiary/aromatic N) is 1. The van der Waals surface area contributed by atoms with Gasteiger partial charge in [0, 0.05) is 23.2 Å². The van der Waals surface area contributed by atoms with Crippen LogP contribution in [0.1, 0.15) is 20.3 Å². The molecule has 4 heteroatoms. The molecule has 0 aliphatic carbocycles. The smallest absolute Gasteiger partial charge is 0.305 e. The maximum Gasteiger partial charge on any atom is 0.305 e. The lowest BCUT2D eigenvalue weighted by Gasteiger charge is -2.39. The largest absolute Gasteiger partial charge is 0.481 e. The van der Waals surface area contributed by atoms with Crippen molar-refractivity contribution in [2.24, 2.45) is 5.92 Å². The van der Waals surface area contributed by atoms with Gasteiger partial charge in [-0.2, -0.15) is 0 Å². The molecule has 0 radical (unpaired) electrons. The summed E-state index contributed by atoms with van der Waals surface area (Å²) in [6, 6.07) is 8.38. The zero-order valence-electron chi connectivity index (χ0n) is 10.8. The van der Waals surface area contributed by atoms with Crippen LogP contribution in [0.15, 0.2) is 29.2 Å². The minimum Gasteiger partial charge on any atom is -0.481 e. The molecule has 1 atom stereocenters. The fourth-order valence-electron chi connectivity index (χ4n) is 2.30. The number of carbonyl (C=O) groups is 1. The minimum atomic E-state index is -0.714. The van der Waals surface area contributed by atoms with Gasteiger partial charge < -0.3 is 10.0 Å². The van der Waals surface area contributed by atoms with Gasteiger partial charge >= 0.3 is 5.97 Å². The van der Waals surface area contributed by atoms with Crippen LogP contribution in [-0.2, 0) is 4.79 Å². The topological polar surface area (TPSA) is 40.5 Å². The number of aliphatic carboxylic acids is 1. The first-order valence-electron chi connectivity index (χ1n) is 6.28. The van der Waals surface area contributed by atoms with Crippen molar-refractivity contribution in [1.82, 2.24) is 0 Å². The maximum atomic E-state index is 11.0. The molecular formula is C14H19NO2S. The summed E-state index contributed by atoms with van der Waals surface area (Å²) in [7, 11) is 0. The van der Waals surface area contributed by atoms with E-state index in [-0.39, 0.29) is 12.5 Å². The summed E-state index contributed by atoms with van der Waals surface area (Å²) in [6.45, 7) is 5.25. The van der Waals surface area contributed by atoms with E-state index in [4.69, 9.17) is 5.11 Å². The highest BCUT2D eigenvalue weighted by Gasteiger charge is 2.28. The summed E-state index contributed by atoms with van der Waals surface area (Å²) in [5.41, 5.74) is 1.19. The number of carboxylic acids is 1. The van der Waals surface area contributed by atoms with Crippen LogP contribution in [0.3, 0.4) is 0 Å². The van der Waals surface area contributed by atoms with E-state index in [0.717, 1.165) is 12.3 Å². The Bertz CT molecular complexity index is 434. The number of benzene rings is 1. The summed E-state index contributed by atoms with van der Waals surface area (Å²) in [6.07, 6.45) is 0.216. The zero-order chi connectivity index (χ0) is 13.1. The van der Waals surface area contributed by atoms with E-state index in [1.807, 2.05) is 12.1 Å². The van der Waals surface area contributed by atoms with E-state index in [0.29, 0.717) is 5.92 Å². The molecule has 0 spiro atoms. The second-order valence-electron chi connectivity index (χ2n) is 5.08. The van der Waals surface area contributed by atoms with Crippen molar-refractivity contribution in [2.75, 3.05) is 17.2 Å². The molecule has 1 unspecified atom stereocenters. The summed E-state index contributed by atoms with van der Waals surface area (Å²) in [5, 5.41) is 9.03. The van der Waals surface area contributed by atoms with E-state index in [1.54, 1.807) is 11.8 Å². The Kier molecular flexibility index (Phi) is 4.17. The van der Waals surface area contributed by atoms with Crippen molar-refractivity contribution in [2.45, 2.75) is 31.2 Å². The van der Waals surface area contributed by atoms with E-state index in [2.05, 4.69) is 30.9 Å². The Labute approximate surface area is 112 Å². The van der Waals surface area contributed by atoms with Crippen molar-refractivity contribution in [3.05, 3.63) is 24.3 Å². The van der Waals surface area contributed by atoms with E-state index in [1.165, 1.54) is 10.6 Å². The van der Waals surface area contributed by atoms with Crippen molar-refractivity contribution in [3.8, 4) is 0 Å². The van der Waals surface area contributed by atoms with Crippen LogP contribution in [0.5, 0.6) is 0 Å². The van der Waals surface area contributed by atoms with E-state index >= 15 is 0 Å². The van der Waals surface area contributed by atoms with E-state index < -0.39 is 5.97 Å². The van der Waals surface area contributed by atoms with Gasteiger partial charge in [-0.3, -0.25) is 4.79 Å².